The number of halogens is 1. The van der Waals surface area contributed by atoms with Gasteiger partial charge in [-0.3, -0.25) is 9.59 Å². The minimum absolute atomic E-state index is 0.0179. The van der Waals surface area contributed by atoms with Crippen LogP contribution < -0.4 is 10.1 Å². The van der Waals surface area contributed by atoms with Gasteiger partial charge in [0.25, 0.3) is 0 Å². The van der Waals surface area contributed by atoms with Crippen molar-refractivity contribution in [1.29, 1.82) is 0 Å². The second-order valence-corrected chi connectivity index (χ2v) is 9.56. The number of hydrogen-bond acceptors (Lipinski definition) is 5. The van der Waals surface area contributed by atoms with Crippen molar-refractivity contribution in [1.82, 2.24) is 4.98 Å². The molecule has 6 atom stereocenters. The number of amides is 1. The number of nitrogens with zero attached hydrogens (tertiary/aromatic N) is 1. The van der Waals surface area contributed by atoms with Crippen molar-refractivity contribution >= 4 is 35.4 Å². The summed E-state index contributed by atoms with van der Waals surface area (Å²) in [6, 6.07) is 8.60. The zero-order valence-corrected chi connectivity index (χ0v) is 19.0. The molecule has 4 aliphatic rings. The van der Waals surface area contributed by atoms with Crippen molar-refractivity contribution in [3.8, 4) is 5.75 Å². The molecule has 1 aromatic heterocycles. The van der Waals surface area contributed by atoms with Crippen LogP contribution >= 0.6 is 11.6 Å². The fourth-order valence-corrected chi connectivity index (χ4v) is 5.84. The average molecular weight is 465 g/mol. The summed E-state index contributed by atoms with van der Waals surface area (Å²) in [4.78, 5) is 41.6. The molecule has 7 heteroatoms. The van der Waals surface area contributed by atoms with E-state index >= 15 is 0 Å². The maximum atomic E-state index is 13.0. The predicted octanol–water partition coefficient (Wildman–Crippen LogP) is 4.38. The van der Waals surface area contributed by atoms with E-state index in [0.29, 0.717) is 46.8 Å². The highest BCUT2D eigenvalue weighted by molar-refractivity contribution is 6.32. The van der Waals surface area contributed by atoms with Gasteiger partial charge in [-0.05, 0) is 66.3 Å². The lowest BCUT2D eigenvalue weighted by molar-refractivity contribution is -0.130. The maximum Gasteiger partial charge on any atom is 0.229 e. The Kier molecular flexibility index (Phi) is 5.79. The summed E-state index contributed by atoms with van der Waals surface area (Å²) in [6.45, 7) is 0. The van der Waals surface area contributed by atoms with E-state index in [9.17, 15) is 14.4 Å². The quantitative estimate of drug-likeness (QED) is 0.356. The second-order valence-electron chi connectivity index (χ2n) is 9.16. The number of nitrogens with one attached hydrogen (secondary N) is 1. The fourth-order valence-electron chi connectivity index (χ4n) is 5.58. The number of aromatic nitrogens is 1. The Labute approximate surface area is 197 Å². The van der Waals surface area contributed by atoms with Gasteiger partial charge >= 0.3 is 0 Å². The van der Waals surface area contributed by atoms with E-state index in [1.54, 1.807) is 30.5 Å². The standard InChI is InChI=1S/C26H25ClN2O4/c1-33-23-8-4-15(10-21(23)27)22(31)7-2-14-3-9-24(28-12-14)29-26(32)25-17-6-5-16(20(25)13-30)18-11-19(17)18/h3-6,8-10,12-13,16-20,25H,2,7,11H2,1H3,(H,28,29,32). The number of fused-ring (bicyclic) bond motifs is 1. The van der Waals surface area contributed by atoms with Crippen LogP contribution in [-0.2, 0) is 16.0 Å². The number of benzene rings is 1. The van der Waals surface area contributed by atoms with Crippen LogP contribution in [0.2, 0.25) is 5.02 Å². The van der Waals surface area contributed by atoms with Crippen molar-refractivity contribution < 1.29 is 19.1 Å². The number of carbonyl (C=O) groups excluding carboxylic acids is 3. The maximum absolute atomic E-state index is 13.0. The lowest BCUT2D eigenvalue weighted by atomic mass is 9.62. The molecule has 6 unspecified atom stereocenters. The first-order valence-corrected chi connectivity index (χ1v) is 11.6. The molecule has 0 saturated heterocycles. The number of rotatable bonds is 8. The zero-order chi connectivity index (χ0) is 23.1. The van der Waals surface area contributed by atoms with Crippen LogP contribution in [0.1, 0.15) is 28.8 Å². The van der Waals surface area contributed by atoms with E-state index in [1.165, 1.54) is 7.11 Å². The van der Waals surface area contributed by atoms with E-state index in [1.807, 2.05) is 6.07 Å². The van der Waals surface area contributed by atoms with Crippen molar-refractivity contribution in [2.24, 2.45) is 35.5 Å². The topological polar surface area (TPSA) is 85.4 Å². The number of methoxy groups -OCH3 is 1. The second kappa shape index (κ2) is 8.75. The number of pyridine rings is 1. The number of carbonyl (C=O) groups is 3. The van der Waals surface area contributed by atoms with Crippen molar-refractivity contribution in [3.63, 3.8) is 0 Å². The number of allylic oxidation sites excluding steroid dienone is 2. The molecule has 0 radical (unpaired) electrons. The van der Waals surface area contributed by atoms with Gasteiger partial charge in [-0.2, -0.15) is 0 Å². The summed E-state index contributed by atoms with van der Waals surface area (Å²) in [5.41, 5.74) is 1.43. The minimum atomic E-state index is -0.323. The van der Waals surface area contributed by atoms with E-state index in [0.717, 1.165) is 18.3 Å². The summed E-state index contributed by atoms with van der Waals surface area (Å²) >= 11 is 6.11. The Hall–Kier alpha value is -2.99. The lowest BCUT2D eigenvalue weighted by Gasteiger charge is -2.41. The monoisotopic (exact) mass is 464 g/mol. The van der Waals surface area contributed by atoms with E-state index < -0.39 is 0 Å². The van der Waals surface area contributed by atoms with Gasteiger partial charge in [0, 0.05) is 24.1 Å². The summed E-state index contributed by atoms with van der Waals surface area (Å²) in [5.74, 6) is 1.72. The van der Waals surface area contributed by atoms with Gasteiger partial charge in [0.15, 0.2) is 5.78 Å². The zero-order valence-electron chi connectivity index (χ0n) is 18.2. The van der Waals surface area contributed by atoms with E-state index in [2.05, 4.69) is 22.5 Å². The Bertz CT molecular complexity index is 1130. The number of ether oxygens (including phenoxy) is 1. The molecule has 6 nitrogen and oxygen atoms in total. The van der Waals surface area contributed by atoms with Gasteiger partial charge in [-0.1, -0.05) is 29.8 Å². The fraction of sp³-hybridized carbons (Fsp3) is 0.385. The number of aryl methyl sites for hydroxylation is 1. The Morgan fingerprint density at radius 2 is 1.97 bits per heavy atom. The Morgan fingerprint density at radius 3 is 2.67 bits per heavy atom. The Morgan fingerprint density at radius 1 is 1.18 bits per heavy atom. The number of anilines is 1. The molecule has 4 aliphatic carbocycles. The lowest BCUT2D eigenvalue weighted by Crippen LogP contribution is -2.45. The highest BCUT2D eigenvalue weighted by Crippen LogP contribution is 2.63. The number of hydrogen-bond donors (Lipinski definition) is 1. The van der Waals surface area contributed by atoms with E-state index in [4.69, 9.17) is 16.3 Å². The summed E-state index contributed by atoms with van der Waals surface area (Å²) < 4.78 is 5.12. The first-order valence-electron chi connectivity index (χ1n) is 11.3. The molecule has 6 rings (SSSR count). The molecule has 1 amide bonds. The largest absolute Gasteiger partial charge is 0.495 e. The minimum Gasteiger partial charge on any atom is -0.495 e. The molecule has 2 fully saturated rings. The van der Waals surface area contributed by atoms with Gasteiger partial charge in [0.05, 0.1) is 18.1 Å². The Balaban J connectivity index is 1.18. The summed E-state index contributed by atoms with van der Waals surface area (Å²) in [6.07, 6.45) is 8.86. The van der Waals surface area contributed by atoms with Gasteiger partial charge in [-0.15, -0.1) is 0 Å². The highest BCUT2D eigenvalue weighted by Gasteiger charge is 2.61. The van der Waals surface area contributed by atoms with E-state index in [-0.39, 0.29) is 35.4 Å². The van der Waals surface area contributed by atoms with Crippen LogP contribution in [0.3, 0.4) is 0 Å². The third-order valence-corrected chi connectivity index (χ3v) is 7.66. The molecule has 2 saturated carbocycles. The normalized spacial score (nSPS) is 28.7. The molecule has 0 spiro atoms. The number of aldehydes is 1. The van der Waals surface area contributed by atoms with Crippen LogP contribution in [0.15, 0.2) is 48.7 Å². The van der Waals surface area contributed by atoms with Gasteiger partial charge in [0.2, 0.25) is 5.91 Å². The van der Waals surface area contributed by atoms with Crippen LogP contribution in [0, 0.1) is 35.5 Å². The molecular weight excluding hydrogens is 440 g/mol. The summed E-state index contributed by atoms with van der Waals surface area (Å²) in [7, 11) is 1.53. The van der Waals surface area contributed by atoms with Gasteiger partial charge in [-0.25, -0.2) is 4.98 Å². The number of Topliss-reactive ketones (excluding diaryl/α,β-unsaturated/α-hetero) is 1. The van der Waals surface area contributed by atoms with Crippen molar-refractivity contribution in [2.45, 2.75) is 19.3 Å². The average Bonchev–Trinajstić information content (AvgIpc) is 3.65. The van der Waals surface area contributed by atoms with Crippen LogP contribution in [0.4, 0.5) is 5.82 Å². The van der Waals surface area contributed by atoms with Crippen LogP contribution in [0.25, 0.3) is 0 Å². The summed E-state index contributed by atoms with van der Waals surface area (Å²) in [5, 5.41) is 3.30. The number of ketones is 1. The van der Waals surface area contributed by atoms with Crippen molar-refractivity contribution in [3.05, 3.63) is 64.8 Å². The molecule has 2 aromatic rings. The van der Waals surface area contributed by atoms with Gasteiger partial charge in [0.1, 0.15) is 17.9 Å². The third-order valence-electron chi connectivity index (χ3n) is 7.36. The predicted molar refractivity (Wildman–Crippen MR) is 124 cm³/mol. The third kappa shape index (κ3) is 4.08. The molecule has 0 aliphatic heterocycles. The highest BCUT2D eigenvalue weighted by atomic mass is 35.5. The van der Waals surface area contributed by atoms with Crippen LogP contribution in [-0.4, -0.2) is 30.1 Å². The molecule has 33 heavy (non-hydrogen) atoms. The first-order chi connectivity index (χ1) is 16.0. The first kappa shape index (κ1) is 21.8. The van der Waals surface area contributed by atoms with Crippen molar-refractivity contribution in [2.75, 3.05) is 12.4 Å². The van der Waals surface area contributed by atoms with Gasteiger partial charge < -0.3 is 14.8 Å². The molecule has 1 aromatic carbocycles. The molecule has 170 valence electrons. The molecule has 1 heterocycles. The van der Waals surface area contributed by atoms with Crippen LogP contribution in [0.5, 0.6) is 5.75 Å². The smallest absolute Gasteiger partial charge is 0.229 e. The SMILES string of the molecule is COc1ccc(C(=O)CCc2ccc(NC(=O)C3C(C=O)C4C=CC3C3CC43)nc2)cc1Cl. The molecule has 1 N–H and O–H groups in total. The molecular formula is C26H25ClN2O4. The molecule has 2 bridgehead atoms.